The third kappa shape index (κ3) is 3.81. The minimum absolute atomic E-state index is 0.136. The van der Waals surface area contributed by atoms with Crippen LogP contribution in [0.1, 0.15) is 10.4 Å². The van der Waals surface area contributed by atoms with Crippen LogP contribution in [0.5, 0.6) is 0 Å². The molecule has 2 rings (SSSR count). The molecule has 86 valence electrons. The lowest BCUT2D eigenvalue weighted by atomic mass is 10.2. The highest BCUT2D eigenvalue weighted by atomic mass is 127. The Morgan fingerprint density at radius 3 is 2.59 bits per heavy atom. The first-order chi connectivity index (χ1) is 8.25. The van der Waals surface area contributed by atoms with Gasteiger partial charge in [0, 0.05) is 15.3 Å². The molecule has 0 spiro atoms. The third-order valence-electron chi connectivity index (χ3n) is 2.16. The Morgan fingerprint density at radius 2 is 1.94 bits per heavy atom. The average molecular weight is 355 g/mol. The zero-order valence-corrected chi connectivity index (χ0v) is 11.9. The summed E-state index contributed by atoms with van der Waals surface area (Å²) in [5.74, 6) is 0.564. The molecule has 17 heavy (non-hydrogen) atoms. The van der Waals surface area contributed by atoms with E-state index in [-0.39, 0.29) is 5.78 Å². The first-order valence-corrected chi connectivity index (χ1v) is 7.15. The van der Waals surface area contributed by atoms with E-state index in [0.717, 1.165) is 14.2 Å². The molecule has 0 bridgehead atoms. The van der Waals surface area contributed by atoms with Crippen molar-refractivity contribution < 1.29 is 4.79 Å². The number of halogens is 1. The number of carbonyl (C=O) groups is 1. The van der Waals surface area contributed by atoms with Crippen LogP contribution in [0.3, 0.4) is 0 Å². The van der Waals surface area contributed by atoms with Crippen molar-refractivity contribution in [3.63, 3.8) is 0 Å². The number of ketones is 1. The van der Waals surface area contributed by atoms with Crippen molar-refractivity contribution in [3.8, 4) is 0 Å². The van der Waals surface area contributed by atoms with Crippen molar-refractivity contribution >= 4 is 40.1 Å². The van der Waals surface area contributed by atoms with Crippen LogP contribution in [-0.2, 0) is 0 Å². The molecule has 1 aromatic carbocycles. The van der Waals surface area contributed by atoms with Crippen LogP contribution in [0, 0.1) is 3.57 Å². The first kappa shape index (κ1) is 12.6. The summed E-state index contributed by atoms with van der Waals surface area (Å²) in [6.45, 7) is 0. The van der Waals surface area contributed by atoms with Crippen LogP contribution in [0.25, 0.3) is 0 Å². The van der Waals surface area contributed by atoms with Gasteiger partial charge in [0.15, 0.2) is 5.78 Å². The molecular weight excluding hydrogens is 345 g/mol. The van der Waals surface area contributed by atoms with E-state index in [1.807, 2.05) is 42.5 Å². The number of hydrogen-bond donors (Lipinski definition) is 0. The lowest BCUT2D eigenvalue weighted by molar-refractivity contribution is 0.102. The average Bonchev–Trinajstić information content (AvgIpc) is 2.38. The molecule has 0 aliphatic carbocycles. The molecule has 4 heteroatoms. The number of aromatic nitrogens is 1. The molecule has 0 aliphatic heterocycles. The Bertz CT molecular complexity index is 499. The second-order valence-corrected chi connectivity index (χ2v) is 5.63. The normalized spacial score (nSPS) is 10.2. The van der Waals surface area contributed by atoms with Gasteiger partial charge >= 0.3 is 0 Å². The van der Waals surface area contributed by atoms with Crippen LogP contribution in [-0.4, -0.2) is 16.5 Å². The second kappa shape index (κ2) is 6.16. The molecule has 1 heterocycles. The number of benzene rings is 1. The topological polar surface area (TPSA) is 30.0 Å². The Labute approximate surface area is 118 Å². The minimum Gasteiger partial charge on any atom is -0.293 e. The van der Waals surface area contributed by atoms with Gasteiger partial charge in [-0.25, -0.2) is 4.98 Å². The monoisotopic (exact) mass is 355 g/mol. The van der Waals surface area contributed by atoms with Gasteiger partial charge in [-0.05, 0) is 46.9 Å². The van der Waals surface area contributed by atoms with Gasteiger partial charge in [-0.1, -0.05) is 30.0 Å². The molecule has 2 nitrogen and oxygen atoms in total. The van der Waals surface area contributed by atoms with Crippen molar-refractivity contribution in [1.82, 2.24) is 4.98 Å². The molecule has 0 radical (unpaired) electrons. The highest BCUT2D eigenvalue weighted by Crippen LogP contribution is 2.16. The van der Waals surface area contributed by atoms with Crippen molar-refractivity contribution in [2.24, 2.45) is 0 Å². The van der Waals surface area contributed by atoms with Crippen LogP contribution in [0.2, 0.25) is 0 Å². The van der Waals surface area contributed by atoms with Gasteiger partial charge in [0.05, 0.1) is 10.8 Å². The fourth-order valence-corrected chi connectivity index (χ4v) is 2.41. The summed E-state index contributed by atoms with van der Waals surface area (Å²) >= 11 is 3.69. The molecule has 0 amide bonds. The zero-order valence-electron chi connectivity index (χ0n) is 8.97. The number of pyridine rings is 1. The van der Waals surface area contributed by atoms with E-state index >= 15 is 0 Å². The van der Waals surface area contributed by atoms with Crippen LogP contribution in [0.4, 0.5) is 0 Å². The second-order valence-electron chi connectivity index (χ2n) is 3.39. The van der Waals surface area contributed by atoms with Gasteiger partial charge in [-0.3, -0.25) is 4.79 Å². The number of Topliss-reactive ketones (excluding diaryl/α,β-unsaturated/α-hetero) is 1. The fraction of sp³-hybridized carbons (Fsp3) is 0.0769. The Kier molecular flexibility index (Phi) is 4.56. The van der Waals surface area contributed by atoms with Gasteiger partial charge in [-0.2, -0.15) is 0 Å². The summed E-state index contributed by atoms with van der Waals surface area (Å²) < 4.78 is 1.14. The number of hydrogen-bond acceptors (Lipinski definition) is 3. The Hall–Kier alpha value is -0.880. The first-order valence-electron chi connectivity index (χ1n) is 5.08. The molecule has 1 aromatic heterocycles. The predicted octanol–water partition coefficient (Wildman–Crippen LogP) is 3.66. The van der Waals surface area contributed by atoms with Crippen molar-refractivity contribution in [2.75, 3.05) is 5.75 Å². The summed E-state index contributed by atoms with van der Waals surface area (Å²) in [7, 11) is 0. The molecule has 0 fully saturated rings. The fourth-order valence-electron chi connectivity index (χ4n) is 1.29. The van der Waals surface area contributed by atoms with Crippen LogP contribution >= 0.6 is 34.4 Å². The van der Waals surface area contributed by atoms with Crippen molar-refractivity contribution in [3.05, 3.63) is 57.8 Å². The van der Waals surface area contributed by atoms with E-state index in [1.165, 1.54) is 11.8 Å². The molecule has 0 N–H and O–H groups in total. The molecule has 0 atom stereocenters. The summed E-state index contributed by atoms with van der Waals surface area (Å²) in [4.78, 5) is 16.0. The van der Waals surface area contributed by atoms with Crippen molar-refractivity contribution in [2.45, 2.75) is 5.03 Å². The van der Waals surface area contributed by atoms with E-state index in [9.17, 15) is 4.79 Å². The largest absolute Gasteiger partial charge is 0.293 e. The summed E-state index contributed by atoms with van der Waals surface area (Å²) in [5, 5.41) is 0.881. The van der Waals surface area contributed by atoms with Gasteiger partial charge in [0.1, 0.15) is 0 Å². The molecule has 0 saturated heterocycles. The maximum absolute atomic E-state index is 11.9. The SMILES string of the molecule is O=C(CSc1ccccn1)c1ccc(I)cc1. The summed E-state index contributed by atoms with van der Waals surface area (Å²) in [5.41, 5.74) is 0.758. The standard InChI is InChI=1S/C13H10INOS/c14-11-6-4-10(5-7-11)12(16)9-17-13-3-1-2-8-15-13/h1-8H,9H2. The lowest BCUT2D eigenvalue weighted by Gasteiger charge is -2.01. The van der Waals surface area contributed by atoms with Gasteiger partial charge < -0.3 is 0 Å². The van der Waals surface area contributed by atoms with E-state index < -0.39 is 0 Å². The Morgan fingerprint density at radius 1 is 1.18 bits per heavy atom. The summed E-state index contributed by atoms with van der Waals surface area (Å²) in [6.07, 6.45) is 1.73. The molecule has 0 aliphatic rings. The highest BCUT2D eigenvalue weighted by molar-refractivity contribution is 14.1. The Balaban J connectivity index is 1.96. The van der Waals surface area contributed by atoms with Crippen LogP contribution in [0.15, 0.2) is 53.7 Å². The van der Waals surface area contributed by atoms with Gasteiger partial charge in [-0.15, -0.1) is 0 Å². The number of nitrogens with zero attached hydrogens (tertiary/aromatic N) is 1. The maximum Gasteiger partial charge on any atom is 0.173 e. The smallest absolute Gasteiger partial charge is 0.173 e. The molecular formula is C13H10INOS. The van der Waals surface area contributed by atoms with E-state index in [0.29, 0.717) is 5.75 Å². The predicted molar refractivity (Wildman–Crippen MR) is 78.5 cm³/mol. The van der Waals surface area contributed by atoms with E-state index in [4.69, 9.17) is 0 Å². The third-order valence-corrected chi connectivity index (χ3v) is 3.82. The van der Waals surface area contributed by atoms with E-state index in [2.05, 4.69) is 27.6 Å². The molecule has 0 saturated carbocycles. The highest BCUT2D eigenvalue weighted by Gasteiger charge is 2.06. The van der Waals surface area contributed by atoms with Crippen molar-refractivity contribution in [1.29, 1.82) is 0 Å². The molecule has 2 aromatic rings. The number of carbonyl (C=O) groups excluding carboxylic acids is 1. The summed E-state index contributed by atoms with van der Waals surface area (Å²) in [6, 6.07) is 13.3. The van der Waals surface area contributed by atoms with Gasteiger partial charge in [0.25, 0.3) is 0 Å². The minimum atomic E-state index is 0.136. The number of thioether (sulfide) groups is 1. The molecule has 0 unspecified atom stereocenters. The lowest BCUT2D eigenvalue weighted by Crippen LogP contribution is -2.02. The van der Waals surface area contributed by atoms with Gasteiger partial charge in [0.2, 0.25) is 0 Å². The van der Waals surface area contributed by atoms with E-state index in [1.54, 1.807) is 6.20 Å². The zero-order chi connectivity index (χ0) is 12.1. The van der Waals surface area contributed by atoms with Crippen LogP contribution < -0.4 is 0 Å². The quantitative estimate of drug-likeness (QED) is 0.476. The maximum atomic E-state index is 11.9. The number of rotatable bonds is 4.